The van der Waals surface area contributed by atoms with Crippen molar-refractivity contribution in [3.05, 3.63) is 23.4 Å². The molecule has 0 aromatic carbocycles. The second-order valence-corrected chi connectivity index (χ2v) is 4.49. The molecule has 0 saturated heterocycles. The van der Waals surface area contributed by atoms with Crippen LogP contribution < -0.4 is 11.1 Å². The molecule has 6 heteroatoms. The fraction of sp³-hybridized carbons (Fsp3) is 0.462. The minimum absolute atomic E-state index is 0.184. The summed E-state index contributed by atoms with van der Waals surface area (Å²) in [6.45, 7) is 4.72. The first kappa shape index (κ1) is 15.4. The molecule has 0 aliphatic carbocycles. The number of thiocarbonyl (C=S) groups is 1. The van der Waals surface area contributed by atoms with Gasteiger partial charge in [0, 0.05) is 18.7 Å². The number of pyridine rings is 1. The van der Waals surface area contributed by atoms with Gasteiger partial charge in [-0.05, 0) is 32.4 Å². The Labute approximate surface area is 118 Å². The number of hydrogen-bond donors (Lipinski definition) is 2. The molecule has 0 aliphatic rings. The van der Waals surface area contributed by atoms with Gasteiger partial charge in [-0.1, -0.05) is 12.2 Å². The van der Waals surface area contributed by atoms with E-state index < -0.39 is 0 Å². The number of anilines is 1. The summed E-state index contributed by atoms with van der Waals surface area (Å²) in [7, 11) is 0. The number of hydrogen-bond acceptors (Lipinski definition) is 5. The molecule has 0 amide bonds. The Balaban J connectivity index is 2.51. The summed E-state index contributed by atoms with van der Waals surface area (Å²) in [6, 6.07) is 3.70. The van der Waals surface area contributed by atoms with Gasteiger partial charge in [0.15, 0.2) is 0 Å². The van der Waals surface area contributed by atoms with Gasteiger partial charge in [-0.25, -0.2) is 4.98 Å². The third-order valence-electron chi connectivity index (χ3n) is 2.46. The summed E-state index contributed by atoms with van der Waals surface area (Å²) in [4.78, 5) is 15.8. The molecule has 0 spiro atoms. The zero-order chi connectivity index (χ0) is 14.3. The lowest BCUT2D eigenvalue weighted by atomic mass is 10.2. The molecule has 104 valence electrons. The van der Waals surface area contributed by atoms with Crippen LogP contribution in [0, 0.1) is 6.92 Å². The molecule has 0 aliphatic heterocycles. The molecule has 0 unspecified atom stereocenters. The molecule has 1 rings (SSSR count). The first-order valence-corrected chi connectivity index (χ1v) is 6.62. The topological polar surface area (TPSA) is 77.2 Å². The van der Waals surface area contributed by atoms with Crippen LogP contribution in [0.1, 0.15) is 31.0 Å². The van der Waals surface area contributed by atoms with E-state index in [0.717, 1.165) is 11.3 Å². The molecule has 0 bridgehead atoms. The van der Waals surface area contributed by atoms with Gasteiger partial charge in [-0.3, -0.25) is 4.79 Å². The van der Waals surface area contributed by atoms with E-state index in [1.807, 2.05) is 19.1 Å². The van der Waals surface area contributed by atoms with Crippen molar-refractivity contribution in [2.45, 2.75) is 26.7 Å². The highest BCUT2D eigenvalue weighted by atomic mass is 32.1. The second kappa shape index (κ2) is 7.68. The van der Waals surface area contributed by atoms with Crippen LogP contribution >= 0.6 is 12.2 Å². The van der Waals surface area contributed by atoms with Crippen LogP contribution in [-0.2, 0) is 9.53 Å². The Bertz CT molecular complexity index is 463. The molecule has 0 fully saturated rings. The largest absolute Gasteiger partial charge is 0.466 e. The molecule has 3 N–H and O–H groups in total. The van der Waals surface area contributed by atoms with E-state index in [-0.39, 0.29) is 5.97 Å². The van der Waals surface area contributed by atoms with Gasteiger partial charge in [-0.2, -0.15) is 0 Å². The zero-order valence-corrected chi connectivity index (χ0v) is 12.0. The maximum absolute atomic E-state index is 11.2. The van der Waals surface area contributed by atoms with Crippen molar-refractivity contribution in [3.8, 4) is 0 Å². The van der Waals surface area contributed by atoms with E-state index in [9.17, 15) is 4.79 Å². The highest BCUT2D eigenvalue weighted by Crippen LogP contribution is 2.13. The van der Waals surface area contributed by atoms with Crippen LogP contribution in [0.25, 0.3) is 0 Å². The monoisotopic (exact) mass is 281 g/mol. The van der Waals surface area contributed by atoms with Crippen LogP contribution in [0.15, 0.2) is 12.1 Å². The number of ether oxygens (including phenoxy) is 1. The average molecular weight is 281 g/mol. The standard InChI is InChI=1S/C13H19N3O2S/c1-3-18-11(17)5-4-8-15-13-10(12(14)19)7-6-9(2)16-13/h6-7H,3-5,8H2,1-2H3,(H2,14,19)(H,15,16). The number of esters is 1. The average Bonchev–Trinajstić information content (AvgIpc) is 2.34. The third-order valence-corrected chi connectivity index (χ3v) is 2.68. The summed E-state index contributed by atoms with van der Waals surface area (Å²) >= 11 is 4.97. The van der Waals surface area contributed by atoms with Crippen molar-refractivity contribution in [3.63, 3.8) is 0 Å². The van der Waals surface area contributed by atoms with Crippen molar-refractivity contribution >= 4 is 29.0 Å². The second-order valence-electron chi connectivity index (χ2n) is 4.05. The predicted molar refractivity (Wildman–Crippen MR) is 79.2 cm³/mol. The van der Waals surface area contributed by atoms with Crippen LogP contribution in [0.2, 0.25) is 0 Å². The number of rotatable bonds is 7. The summed E-state index contributed by atoms with van der Waals surface area (Å²) in [5.41, 5.74) is 7.24. The van der Waals surface area contributed by atoms with Gasteiger partial charge < -0.3 is 15.8 Å². The Morgan fingerprint density at radius 3 is 2.89 bits per heavy atom. The number of nitrogens with one attached hydrogen (secondary N) is 1. The molecule has 0 saturated carbocycles. The lowest BCUT2D eigenvalue weighted by molar-refractivity contribution is -0.143. The van der Waals surface area contributed by atoms with E-state index in [4.69, 9.17) is 22.7 Å². The van der Waals surface area contributed by atoms with E-state index >= 15 is 0 Å². The van der Waals surface area contributed by atoms with Crippen molar-refractivity contribution < 1.29 is 9.53 Å². The quantitative estimate of drug-likeness (QED) is 0.451. The fourth-order valence-electron chi connectivity index (χ4n) is 1.56. The molecular weight excluding hydrogens is 262 g/mol. The smallest absolute Gasteiger partial charge is 0.305 e. The molecule has 0 radical (unpaired) electrons. The van der Waals surface area contributed by atoms with E-state index in [2.05, 4.69) is 10.3 Å². The van der Waals surface area contributed by atoms with Crippen molar-refractivity contribution in [1.29, 1.82) is 0 Å². The summed E-state index contributed by atoms with van der Waals surface area (Å²) < 4.78 is 4.85. The predicted octanol–water partition coefficient (Wildman–Crippen LogP) is 1.78. The minimum atomic E-state index is -0.184. The third kappa shape index (κ3) is 5.21. The Hall–Kier alpha value is -1.69. The van der Waals surface area contributed by atoms with Gasteiger partial charge in [0.2, 0.25) is 0 Å². The van der Waals surface area contributed by atoms with Gasteiger partial charge in [-0.15, -0.1) is 0 Å². The highest BCUT2D eigenvalue weighted by molar-refractivity contribution is 7.80. The first-order chi connectivity index (χ1) is 9.04. The highest BCUT2D eigenvalue weighted by Gasteiger charge is 2.07. The van der Waals surface area contributed by atoms with E-state index in [1.54, 1.807) is 6.92 Å². The van der Waals surface area contributed by atoms with Crippen LogP contribution in [0.5, 0.6) is 0 Å². The molecule has 5 nitrogen and oxygen atoms in total. The van der Waals surface area contributed by atoms with Gasteiger partial charge in [0.1, 0.15) is 10.8 Å². The lowest BCUT2D eigenvalue weighted by Gasteiger charge is -2.10. The van der Waals surface area contributed by atoms with Crippen molar-refractivity contribution in [2.75, 3.05) is 18.5 Å². The Kier molecular flexibility index (Phi) is 6.21. The molecule has 19 heavy (non-hydrogen) atoms. The van der Waals surface area contributed by atoms with Crippen LogP contribution in [0.4, 0.5) is 5.82 Å². The maximum Gasteiger partial charge on any atom is 0.305 e. The summed E-state index contributed by atoms with van der Waals surface area (Å²) in [6.07, 6.45) is 1.06. The van der Waals surface area contributed by atoms with Gasteiger partial charge in [0.05, 0.1) is 12.2 Å². The number of aromatic nitrogens is 1. The number of nitrogens with zero attached hydrogens (tertiary/aromatic N) is 1. The van der Waals surface area contributed by atoms with Crippen LogP contribution in [-0.4, -0.2) is 29.1 Å². The minimum Gasteiger partial charge on any atom is -0.466 e. The van der Waals surface area contributed by atoms with Gasteiger partial charge in [0.25, 0.3) is 0 Å². The Morgan fingerprint density at radius 1 is 1.53 bits per heavy atom. The SMILES string of the molecule is CCOC(=O)CCCNc1nc(C)ccc1C(N)=S. The molecule has 1 heterocycles. The van der Waals surface area contributed by atoms with E-state index in [1.165, 1.54) is 0 Å². The normalized spacial score (nSPS) is 10.0. The van der Waals surface area contributed by atoms with E-state index in [0.29, 0.717) is 36.8 Å². The number of aryl methyl sites for hydroxylation is 1. The molecule has 0 atom stereocenters. The summed E-state index contributed by atoms with van der Waals surface area (Å²) in [5, 5.41) is 3.15. The Morgan fingerprint density at radius 2 is 2.26 bits per heavy atom. The first-order valence-electron chi connectivity index (χ1n) is 6.21. The molecular formula is C13H19N3O2S. The lowest BCUT2D eigenvalue weighted by Crippen LogP contribution is -2.16. The maximum atomic E-state index is 11.2. The number of carbonyl (C=O) groups excluding carboxylic acids is 1. The van der Waals surface area contributed by atoms with Gasteiger partial charge >= 0.3 is 5.97 Å². The molecule has 1 aromatic rings. The number of nitrogens with two attached hydrogens (primary N) is 1. The van der Waals surface area contributed by atoms with Crippen LogP contribution in [0.3, 0.4) is 0 Å². The zero-order valence-electron chi connectivity index (χ0n) is 11.2. The fourth-order valence-corrected chi connectivity index (χ4v) is 1.73. The summed E-state index contributed by atoms with van der Waals surface area (Å²) in [5.74, 6) is 0.479. The van der Waals surface area contributed by atoms with Crippen molar-refractivity contribution in [2.24, 2.45) is 5.73 Å². The number of carbonyl (C=O) groups is 1. The molecule has 1 aromatic heterocycles. The van der Waals surface area contributed by atoms with Crippen molar-refractivity contribution in [1.82, 2.24) is 4.98 Å².